The fourth-order valence-corrected chi connectivity index (χ4v) is 3.87. The van der Waals surface area contributed by atoms with Crippen molar-refractivity contribution in [1.29, 1.82) is 0 Å². The third-order valence-electron chi connectivity index (χ3n) is 4.67. The van der Waals surface area contributed by atoms with Crippen LogP contribution < -0.4 is 15.1 Å². The van der Waals surface area contributed by atoms with Gasteiger partial charge in [-0.2, -0.15) is 0 Å². The molecule has 0 spiro atoms. The number of rotatable bonds is 6. The Hall–Kier alpha value is -3.14. The van der Waals surface area contributed by atoms with Crippen molar-refractivity contribution < 1.29 is 13.7 Å². The van der Waals surface area contributed by atoms with Gasteiger partial charge in [-0.3, -0.25) is 4.79 Å². The largest absolute Gasteiger partial charge is 0.366 e. The highest BCUT2D eigenvalue weighted by Crippen LogP contribution is 2.24. The fraction of sp³-hybridized carbons (Fsp3) is 0.300. The summed E-state index contributed by atoms with van der Waals surface area (Å²) in [6.07, 6.45) is 1.50. The molecule has 8 nitrogen and oxygen atoms in total. The highest BCUT2D eigenvalue weighted by molar-refractivity contribution is 7.99. The van der Waals surface area contributed by atoms with E-state index in [1.54, 1.807) is 25.1 Å². The predicted molar refractivity (Wildman–Crippen MR) is 113 cm³/mol. The molecule has 1 fully saturated rings. The molecule has 1 aliphatic heterocycles. The maximum atomic E-state index is 14.0. The van der Waals surface area contributed by atoms with E-state index < -0.39 is 0 Å². The van der Waals surface area contributed by atoms with Gasteiger partial charge in [0.05, 0.1) is 11.4 Å². The molecule has 10 heteroatoms. The summed E-state index contributed by atoms with van der Waals surface area (Å²) in [7, 11) is 0. The fourth-order valence-electron chi connectivity index (χ4n) is 3.21. The third-order valence-corrected chi connectivity index (χ3v) is 5.60. The summed E-state index contributed by atoms with van der Waals surface area (Å²) in [4.78, 5) is 24.9. The van der Waals surface area contributed by atoms with Crippen LogP contribution in [0.1, 0.15) is 5.76 Å². The number of hydrogen-bond donors (Lipinski definition) is 1. The normalized spacial score (nSPS) is 14.1. The monoisotopic (exact) mass is 428 g/mol. The number of amides is 1. The van der Waals surface area contributed by atoms with E-state index in [1.807, 2.05) is 17.0 Å². The molecule has 1 saturated heterocycles. The van der Waals surface area contributed by atoms with E-state index in [0.29, 0.717) is 35.4 Å². The van der Waals surface area contributed by atoms with Gasteiger partial charge in [0.15, 0.2) is 5.82 Å². The van der Waals surface area contributed by atoms with Gasteiger partial charge >= 0.3 is 0 Å². The van der Waals surface area contributed by atoms with Gasteiger partial charge < -0.3 is 19.6 Å². The summed E-state index contributed by atoms with van der Waals surface area (Å²) >= 11 is 1.32. The van der Waals surface area contributed by atoms with Crippen molar-refractivity contribution >= 4 is 35.0 Å². The number of carbonyl (C=O) groups is 1. The summed E-state index contributed by atoms with van der Waals surface area (Å²) < 4.78 is 18.9. The number of thioether (sulfide) groups is 1. The average molecular weight is 428 g/mol. The summed E-state index contributed by atoms with van der Waals surface area (Å²) in [5, 5.41) is 7.14. The molecule has 30 heavy (non-hydrogen) atoms. The second kappa shape index (κ2) is 9.12. The van der Waals surface area contributed by atoms with Gasteiger partial charge in [0.2, 0.25) is 5.91 Å². The zero-order valence-corrected chi connectivity index (χ0v) is 17.2. The molecule has 3 heterocycles. The van der Waals surface area contributed by atoms with Crippen LogP contribution in [-0.2, 0) is 4.79 Å². The summed E-state index contributed by atoms with van der Waals surface area (Å²) in [6, 6.07) is 10.4. The summed E-state index contributed by atoms with van der Waals surface area (Å²) in [6.45, 7) is 4.61. The molecule has 0 saturated carbocycles. The molecule has 0 unspecified atom stereocenters. The lowest BCUT2D eigenvalue weighted by Crippen LogP contribution is -2.47. The van der Waals surface area contributed by atoms with Gasteiger partial charge in [0.1, 0.15) is 28.7 Å². The Balaban J connectivity index is 1.31. The van der Waals surface area contributed by atoms with Crippen LogP contribution in [0.2, 0.25) is 0 Å². The molecule has 0 atom stereocenters. The van der Waals surface area contributed by atoms with E-state index in [-0.39, 0.29) is 17.5 Å². The Labute approximate surface area is 177 Å². The second-order valence-electron chi connectivity index (χ2n) is 6.80. The van der Waals surface area contributed by atoms with Crippen LogP contribution in [0.5, 0.6) is 0 Å². The van der Waals surface area contributed by atoms with Crippen molar-refractivity contribution in [2.45, 2.75) is 11.9 Å². The molecule has 1 aliphatic rings. The van der Waals surface area contributed by atoms with Crippen molar-refractivity contribution in [1.82, 2.24) is 15.1 Å². The van der Waals surface area contributed by atoms with Crippen molar-refractivity contribution in [2.24, 2.45) is 0 Å². The lowest BCUT2D eigenvalue weighted by molar-refractivity contribution is -0.113. The highest BCUT2D eigenvalue weighted by Gasteiger charge is 2.20. The van der Waals surface area contributed by atoms with Crippen LogP contribution in [0.25, 0.3) is 0 Å². The molecule has 156 valence electrons. The zero-order valence-electron chi connectivity index (χ0n) is 16.4. The van der Waals surface area contributed by atoms with Crippen LogP contribution in [0.15, 0.2) is 52.3 Å². The number of hydrogen-bond acceptors (Lipinski definition) is 8. The van der Waals surface area contributed by atoms with E-state index in [1.165, 1.54) is 24.2 Å². The molecule has 0 aliphatic carbocycles. The first-order chi connectivity index (χ1) is 14.6. The molecule has 0 bridgehead atoms. The van der Waals surface area contributed by atoms with Gasteiger partial charge in [-0.25, -0.2) is 14.4 Å². The maximum Gasteiger partial charge on any atom is 0.236 e. The Kier molecular flexibility index (Phi) is 6.12. The molecule has 1 aromatic carbocycles. The minimum absolute atomic E-state index is 0.188. The predicted octanol–water partition coefficient (Wildman–Crippen LogP) is 2.97. The average Bonchev–Trinajstić information content (AvgIpc) is 3.17. The van der Waals surface area contributed by atoms with E-state index in [0.717, 1.165) is 18.9 Å². The minimum Gasteiger partial charge on any atom is -0.366 e. The van der Waals surface area contributed by atoms with Gasteiger partial charge in [0.25, 0.3) is 0 Å². The zero-order chi connectivity index (χ0) is 20.9. The van der Waals surface area contributed by atoms with Crippen molar-refractivity contribution in [2.75, 3.05) is 47.0 Å². The highest BCUT2D eigenvalue weighted by atomic mass is 32.2. The second-order valence-corrected chi connectivity index (χ2v) is 7.80. The molecular weight excluding hydrogens is 407 g/mol. The number of aryl methyl sites for hydroxylation is 1. The number of carbonyl (C=O) groups excluding carboxylic acids is 1. The third kappa shape index (κ3) is 4.88. The van der Waals surface area contributed by atoms with E-state index >= 15 is 0 Å². The smallest absolute Gasteiger partial charge is 0.236 e. The minimum atomic E-state index is -0.203. The van der Waals surface area contributed by atoms with Crippen LogP contribution >= 0.6 is 11.8 Å². The SMILES string of the molecule is Cc1cc(NC(=O)CSc2cc(N3CCN(c4ccccc4F)CC3)ncn2)no1. The van der Waals surface area contributed by atoms with Crippen molar-refractivity contribution in [3.8, 4) is 0 Å². The number of piperazine rings is 1. The topological polar surface area (TPSA) is 87.4 Å². The van der Waals surface area contributed by atoms with Crippen molar-refractivity contribution in [3.63, 3.8) is 0 Å². The van der Waals surface area contributed by atoms with E-state index in [4.69, 9.17) is 4.52 Å². The Morgan fingerprint density at radius 1 is 1.17 bits per heavy atom. The number of nitrogens with zero attached hydrogens (tertiary/aromatic N) is 5. The Morgan fingerprint density at radius 2 is 1.93 bits per heavy atom. The number of halogens is 1. The molecular formula is C20H21FN6O2S. The summed E-state index contributed by atoms with van der Waals surface area (Å²) in [5.74, 6) is 1.64. The quantitative estimate of drug-likeness (QED) is 0.474. The molecule has 4 rings (SSSR count). The van der Waals surface area contributed by atoms with Crippen molar-refractivity contribution in [3.05, 3.63) is 54.3 Å². The molecule has 0 radical (unpaired) electrons. The van der Waals surface area contributed by atoms with E-state index in [9.17, 15) is 9.18 Å². The number of aromatic nitrogens is 3. The lowest BCUT2D eigenvalue weighted by atomic mass is 10.2. The van der Waals surface area contributed by atoms with Crippen LogP contribution in [0.3, 0.4) is 0 Å². The molecule has 1 N–H and O–H groups in total. The van der Waals surface area contributed by atoms with Crippen LogP contribution in [-0.4, -0.2) is 53.0 Å². The van der Waals surface area contributed by atoms with Crippen LogP contribution in [0.4, 0.5) is 21.7 Å². The molecule has 3 aromatic rings. The summed E-state index contributed by atoms with van der Waals surface area (Å²) in [5.41, 5.74) is 0.629. The number of benzene rings is 1. The number of anilines is 3. The van der Waals surface area contributed by atoms with Crippen LogP contribution in [0, 0.1) is 12.7 Å². The lowest BCUT2D eigenvalue weighted by Gasteiger charge is -2.36. The Bertz CT molecular complexity index is 1020. The first kappa shape index (κ1) is 20.1. The first-order valence-electron chi connectivity index (χ1n) is 9.51. The maximum absolute atomic E-state index is 14.0. The van der Waals surface area contributed by atoms with E-state index in [2.05, 4.69) is 25.3 Å². The van der Waals surface area contributed by atoms with Gasteiger partial charge in [-0.05, 0) is 19.1 Å². The Morgan fingerprint density at radius 3 is 2.67 bits per heavy atom. The van der Waals surface area contributed by atoms with Gasteiger partial charge in [-0.15, -0.1) is 0 Å². The number of nitrogens with one attached hydrogen (secondary N) is 1. The standard InChI is InChI=1S/C20H21FN6O2S/c1-14-10-17(25-29-14)24-19(28)12-30-20-11-18(22-13-23-20)27-8-6-26(7-9-27)16-5-3-2-4-15(16)21/h2-5,10-11,13H,6-9,12H2,1H3,(H,24,25,28). The molecule has 2 aromatic heterocycles. The first-order valence-corrected chi connectivity index (χ1v) is 10.5. The number of para-hydroxylation sites is 1. The van der Waals surface area contributed by atoms with Gasteiger partial charge in [0, 0.05) is 38.3 Å². The van der Waals surface area contributed by atoms with Gasteiger partial charge in [-0.1, -0.05) is 29.1 Å². The molecule has 1 amide bonds.